The Hall–Kier alpha value is -3.74. The SMILES string of the molecule is COc1cc(-c2ccc(NS(C)(=O)=O)cc2)c(OC)c(OS(C)(=O)=O)c1-c1ccc(OS(C)(=O)=O)c(OS(C)(=O)=O)c1. The molecule has 230 valence electrons. The molecule has 0 saturated carbocycles. The summed E-state index contributed by atoms with van der Waals surface area (Å²) >= 11 is 0. The summed E-state index contributed by atoms with van der Waals surface area (Å²) in [6.07, 6.45) is 3.27. The number of ether oxygens (including phenoxy) is 2. The third-order valence-corrected chi connectivity index (χ3v) is 7.11. The Labute approximate surface area is 244 Å². The first-order valence-corrected chi connectivity index (χ1v) is 18.7. The number of anilines is 1. The van der Waals surface area contributed by atoms with Gasteiger partial charge in [-0.05, 0) is 41.5 Å². The lowest BCUT2D eigenvalue weighted by Gasteiger charge is -2.21. The summed E-state index contributed by atoms with van der Waals surface area (Å²) in [5, 5.41) is 0. The lowest BCUT2D eigenvalue weighted by Crippen LogP contribution is -2.11. The summed E-state index contributed by atoms with van der Waals surface area (Å²) < 4.78 is 124. The Morgan fingerprint density at radius 2 is 1.07 bits per heavy atom. The number of methoxy groups -OCH3 is 2. The van der Waals surface area contributed by atoms with E-state index < -0.39 is 51.9 Å². The van der Waals surface area contributed by atoms with Crippen molar-refractivity contribution < 1.29 is 55.7 Å². The van der Waals surface area contributed by atoms with Crippen LogP contribution in [0.5, 0.6) is 28.7 Å². The Balaban J connectivity index is 2.36. The highest BCUT2D eigenvalue weighted by molar-refractivity contribution is 7.92. The largest absolute Gasteiger partial charge is 0.496 e. The zero-order valence-corrected chi connectivity index (χ0v) is 26.3. The lowest BCUT2D eigenvalue weighted by atomic mass is 9.96. The van der Waals surface area contributed by atoms with Crippen molar-refractivity contribution in [2.24, 2.45) is 0 Å². The number of hydrogen-bond donors (Lipinski definition) is 1. The van der Waals surface area contributed by atoms with E-state index in [9.17, 15) is 33.7 Å². The quantitative estimate of drug-likeness (QED) is 0.277. The number of nitrogens with one attached hydrogen (secondary N) is 1. The second-order valence-electron chi connectivity index (χ2n) is 8.84. The van der Waals surface area contributed by atoms with Gasteiger partial charge < -0.3 is 22.0 Å². The van der Waals surface area contributed by atoms with Gasteiger partial charge in [0.05, 0.1) is 44.8 Å². The molecule has 3 aromatic carbocycles. The first-order chi connectivity index (χ1) is 19.2. The number of benzene rings is 3. The van der Waals surface area contributed by atoms with Gasteiger partial charge in [-0.2, -0.15) is 25.3 Å². The lowest BCUT2D eigenvalue weighted by molar-refractivity contribution is 0.386. The first-order valence-electron chi connectivity index (χ1n) is 11.4. The number of hydrogen-bond acceptors (Lipinski definition) is 13. The van der Waals surface area contributed by atoms with E-state index in [0.29, 0.717) is 5.56 Å². The van der Waals surface area contributed by atoms with E-state index in [1.807, 2.05) is 0 Å². The Morgan fingerprint density at radius 3 is 1.55 bits per heavy atom. The van der Waals surface area contributed by atoms with E-state index in [4.69, 9.17) is 22.0 Å². The summed E-state index contributed by atoms with van der Waals surface area (Å²) in [4.78, 5) is 0. The molecule has 3 rings (SSSR count). The van der Waals surface area contributed by atoms with Crippen LogP contribution in [0.2, 0.25) is 0 Å². The molecule has 0 spiro atoms. The molecule has 0 atom stereocenters. The van der Waals surface area contributed by atoms with Crippen LogP contribution in [-0.2, 0) is 40.4 Å². The highest BCUT2D eigenvalue weighted by atomic mass is 32.2. The topological polar surface area (TPSA) is 195 Å². The van der Waals surface area contributed by atoms with Crippen LogP contribution in [0.15, 0.2) is 48.5 Å². The molecule has 14 nitrogen and oxygen atoms in total. The van der Waals surface area contributed by atoms with Crippen LogP contribution < -0.4 is 26.7 Å². The minimum absolute atomic E-state index is 0.0249. The Morgan fingerprint density at radius 1 is 0.548 bits per heavy atom. The molecule has 0 heterocycles. The average molecular weight is 666 g/mol. The molecule has 0 aliphatic heterocycles. The molecule has 1 N–H and O–H groups in total. The predicted molar refractivity (Wildman–Crippen MR) is 155 cm³/mol. The van der Waals surface area contributed by atoms with Gasteiger partial charge in [-0.1, -0.05) is 18.2 Å². The summed E-state index contributed by atoms with van der Waals surface area (Å²) in [5.41, 5.74) is 1.05. The third kappa shape index (κ3) is 8.88. The zero-order valence-electron chi connectivity index (χ0n) is 23.1. The standard InChI is InChI=1S/C24H27NO13S4/c1-34-21-14-18(15-7-10-17(11-8-15)25-39(3,26)27)23(35-2)24(38-42(6,32)33)22(21)16-9-12-19(36-40(4,28)29)20(13-16)37-41(5,30)31/h7-14,25H,1-6H3. The van der Waals surface area contributed by atoms with Crippen molar-refractivity contribution in [1.82, 2.24) is 0 Å². The molecular formula is C24H27NO13S4. The maximum absolute atomic E-state index is 12.4. The Kier molecular flexibility index (Phi) is 9.26. The van der Waals surface area contributed by atoms with Crippen molar-refractivity contribution in [3.8, 4) is 51.0 Å². The fraction of sp³-hybridized carbons (Fsp3) is 0.250. The molecule has 18 heteroatoms. The zero-order chi connectivity index (χ0) is 31.7. The van der Waals surface area contributed by atoms with E-state index in [1.54, 1.807) is 12.1 Å². The van der Waals surface area contributed by atoms with Gasteiger partial charge in [0.2, 0.25) is 10.0 Å². The second kappa shape index (κ2) is 11.9. The van der Waals surface area contributed by atoms with Crippen molar-refractivity contribution in [3.63, 3.8) is 0 Å². The monoisotopic (exact) mass is 665 g/mol. The normalized spacial score (nSPS) is 12.3. The van der Waals surface area contributed by atoms with Gasteiger partial charge in [-0.25, -0.2) is 8.42 Å². The molecule has 0 radical (unpaired) electrons. The minimum Gasteiger partial charge on any atom is -0.496 e. The average Bonchev–Trinajstić information content (AvgIpc) is 2.81. The van der Waals surface area contributed by atoms with Gasteiger partial charge in [0.1, 0.15) is 5.75 Å². The summed E-state index contributed by atoms with van der Waals surface area (Å²) in [5.74, 6) is -1.38. The van der Waals surface area contributed by atoms with Crippen molar-refractivity contribution >= 4 is 46.1 Å². The molecule has 0 aliphatic carbocycles. The van der Waals surface area contributed by atoms with Crippen LogP contribution in [-0.4, -0.2) is 72.9 Å². The van der Waals surface area contributed by atoms with Crippen LogP contribution >= 0.6 is 0 Å². The highest BCUT2D eigenvalue weighted by Crippen LogP contribution is 2.51. The molecule has 0 bridgehead atoms. The van der Waals surface area contributed by atoms with Crippen LogP contribution in [0.25, 0.3) is 22.3 Å². The van der Waals surface area contributed by atoms with Gasteiger partial charge in [0.15, 0.2) is 23.0 Å². The van der Waals surface area contributed by atoms with Crippen LogP contribution in [0, 0.1) is 0 Å². The van der Waals surface area contributed by atoms with Crippen LogP contribution in [0.1, 0.15) is 0 Å². The van der Waals surface area contributed by atoms with E-state index in [1.165, 1.54) is 38.5 Å². The van der Waals surface area contributed by atoms with E-state index in [-0.39, 0.29) is 39.6 Å². The summed E-state index contributed by atoms with van der Waals surface area (Å²) in [6, 6.07) is 11.0. The molecule has 0 unspecified atom stereocenters. The fourth-order valence-corrected chi connectivity index (χ4v) is 5.70. The third-order valence-electron chi connectivity index (χ3n) is 5.07. The fourth-order valence-electron chi connectivity index (χ4n) is 3.75. The summed E-state index contributed by atoms with van der Waals surface area (Å²) in [7, 11) is -13.5. The van der Waals surface area contributed by atoms with Crippen molar-refractivity contribution in [1.29, 1.82) is 0 Å². The van der Waals surface area contributed by atoms with Gasteiger partial charge >= 0.3 is 30.4 Å². The van der Waals surface area contributed by atoms with Crippen molar-refractivity contribution in [2.75, 3.05) is 44.0 Å². The molecule has 3 aromatic rings. The summed E-state index contributed by atoms with van der Waals surface area (Å²) in [6.45, 7) is 0. The second-order valence-corrected chi connectivity index (χ2v) is 15.3. The molecule has 42 heavy (non-hydrogen) atoms. The van der Waals surface area contributed by atoms with Crippen molar-refractivity contribution in [3.05, 3.63) is 48.5 Å². The number of rotatable bonds is 12. The molecule has 0 amide bonds. The molecule has 0 saturated heterocycles. The van der Waals surface area contributed by atoms with E-state index in [0.717, 1.165) is 37.2 Å². The van der Waals surface area contributed by atoms with Gasteiger partial charge in [0.25, 0.3) is 0 Å². The van der Waals surface area contributed by atoms with Gasteiger partial charge in [-0.3, -0.25) is 4.72 Å². The van der Waals surface area contributed by atoms with E-state index >= 15 is 0 Å². The van der Waals surface area contributed by atoms with E-state index in [2.05, 4.69) is 4.72 Å². The molecule has 0 aliphatic rings. The van der Waals surface area contributed by atoms with Crippen LogP contribution in [0.3, 0.4) is 0 Å². The Bertz CT molecular complexity index is 1940. The molecular weight excluding hydrogens is 639 g/mol. The molecule has 0 aromatic heterocycles. The molecule has 0 fully saturated rings. The number of sulfonamides is 1. The van der Waals surface area contributed by atoms with Crippen LogP contribution in [0.4, 0.5) is 5.69 Å². The smallest absolute Gasteiger partial charge is 0.306 e. The highest BCUT2D eigenvalue weighted by Gasteiger charge is 2.28. The van der Waals surface area contributed by atoms with Gasteiger partial charge in [-0.15, -0.1) is 0 Å². The maximum Gasteiger partial charge on any atom is 0.306 e. The van der Waals surface area contributed by atoms with Crippen molar-refractivity contribution in [2.45, 2.75) is 0 Å². The van der Waals surface area contributed by atoms with Gasteiger partial charge in [0, 0.05) is 11.3 Å². The maximum atomic E-state index is 12.4. The minimum atomic E-state index is -4.21. The predicted octanol–water partition coefficient (Wildman–Crippen LogP) is 2.42. The first kappa shape index (κ1) is 32.8.